The molecule has 0 aliphatic carbocycles. The van der Waals surface area contributed by atoms with E-state index in [1.54, 1.807) is 17.0 Å². The van der Waals surface area contributed by atoms with Crippen molar-refractivity contribution in [2.45, 2.75) is 33.6 Å². The smallest absolute Gasteiger partial charge is 0.321 e. The molecule has 1 heterocycles. The summed E-state index contributed by atoms with van der Waals surface area (Å²) in [6.07, 6.45) is 1.55. The predicted molar refractivity (Wildman–Crippen MR) is 113 cm³/mol. The molecule has 29 heavy (non-hydrogen) atoms. The zero-order chi connectivity index (χ0) is 21.0. The fourth-order valence-corrected chi connectivity index (χ4v) is 3.75. The van der Waals surface area contributed by atoms with E-state index in [1.807, 2.05) is 32.9 Å². The summed E-state index contributed by atoms with van der Waals surface area (Å²) in [6, 6.07) is 11.5. The zero-order valence-electron chi connectivity index (χ0n) is 17.2. The molecule has 3 rings (SSSR count). The number of benzene rings is 2. The van der Waals surface area contributed by atoms with Crippen LogP contribution in [-0.4, -0.2) is 29.9 Å². The number of aryl methyl sites for hydroxylation is 2. The number of piperidine rings is 1. The quantitative estimate of drug-likeness (QED) is 0.766. The molecule has 3 amide bonds. The van der Waals surface area contributed by atoms with Crippen LogP contribution in [-0.2, 0) is 4.79 Å². The summed E-state index contributed by atoms with van der Waals surface area (Å²) in [4.78, 5) is 26.9. The summed E-state index contributed by atoms with van der Waals surface area (Å²) in [7, 11) is 0. The second-order valence-electron chi connectivity index (χ2n) is 7.86. The van der Waals surface area contributed by atoms with Gasteiger partial charge in [-0.1, -0.05) is 24.6 Å². The lowest BCUT2D eigenvalue weighted by Crippen LogP contribution is -2.43. The second kappa shape index (κ2) is 9.07. The van der Waals surface area contributed by atoms with Gasteiger partial charge in [-0.25, -0.2) is 9.18 Å². The lowest BCUT2D eigenvalue weighted by Gasteiger charge is -2.34. The van der Waals surface area contributed by atoms with Crippen LogP contribution in [0.2, 0.25) is 0 Å². The number of hydrogen-bond donors (Lipinski definition) is 2. The van der Waals surface area contributed by atoms with Gasteiger partial charge in [-0.05, 0) is 68.5 Å². The molecule has 1 aliphatic heterocycles. The summed E-state index contributed by atoms with van der Waals surface area (Å²) in [5.74, 6) is -0.211. The van der Waals surface area contributed by atoms with Crippen LogP contribution in [0.3, 0.4) is 0 Å². The fourth-order valence-electron chi connectivity index (χ4n) is 3.75. The predicted octanol–water partition coefficient (Wildman–Crippen LogP) is 4.96. The van der Waals surface area contributed by atoms with Crippen molar-refractivity contribution in [1.82, 2.24) is 4.90 Å². The van der Waals surface area contributed by atoms with E-state index in [2.05, 4.69) is 16.7 Å². The largest absolute Gasteiger partial charge is 0.326 e. The van der Waals surface area contributed by atoms with Crippen LogP contribution in [0.15, 0.2) is 42.5 Å². The minimum absolute atomic E-state index is 0.0196. The third kappa shape index (κ3) is 5.34. The van der Waals surface area contributed by atoms with E-state index in [4.69, 9.17) is 0 Å². The number of halogens is 1. The molecule has 1 aliphatic rings. The maximum absolute atomic E-state index is 13.0. The van der Waals surface area contributed by atoms with Gasteiger partial charge in [-0.15, -0.1) is 0 Å². The SMILES string of the molecule is Cc1ccc(NC(=O)[C@@H](C)C2CCN(C(=O)Nc3ccc(F)cc3)CC2)c(C)c1. The maximum Gasteiger partial charge on any atom is 0.321 e. The topological polar surface area (TPSA) is 61.4 Å². The molecule has 6 heteroatoms. The number of anilines is 2. The molecule has 0 unspecified atom stereocenters. The number of carbonyl (C=O) groups is 2. The first-order chi connectivity index (χ1) is 13.8. The van der Waals surface area contributed by atoms with E-state index >= 15 is 0 Å². The number of amides is 3. The van der Waals surface area contributed by atoms with Gasteiger partial charge in [0.05, 0.1) is 0 Å². The third-order valence-electron chi connectivity index (χ3n) is 5.68. The number of nitrogens with zero attached hydrogens (tertiary/aromatic N) is 1. The highest BCUT2D eigenvalue weighted by Crippen LogP contribution is 2.27. The van der Waals surface area contributed by atoms with E-state index < -0.39 is 0 Å². The molecule has 2 N–H and O–H groups in total. The Morgan fingerprint density at radius 2 is 1.69 bits per heavy atom. The van der Waals surface area contributed by atoms with E-state index in [9.17, 15) is 14.0 Å². The van der Waals surface area contributed by atoms with Crippen LogP contribution < -0.4 is 10.6 Å². The van der Waals surface area contributed by atoms with Crippen LogP contribution in [0.4, 0.5) is 20.6 Å². The molecule has 0 spiro atoms. The first kappa shape index (κ1) is 20.8. The Morgan fingerprint density at radius 1 is 1.03 bits per heavy atom. The first-order valence-electron chi connectivity index (χ1n) is 10.0. The average Bonchev–Trinajstić information content (AvgIpc) is 2.71. The van der Waals surface area contributed by atoms with E-state index in [-0.39, 0.29) is 29.6 Å². The molecule has 154 valence electrons. The van der Waals surface area contributed by atoms with E-state index in [1.165, 1.54) is 17.7 Å². The highest BCUT2D eigenvalue weighted by atomic mass is 19.1. The van der Waals surface area contributed by atoms with Gasteiger partial charge >= 0.3 is 6.03 Å². The number of nitrogens with one attached hydrogen (secondary N) is 2. The summed E-state index contributed by atoms with van der Waals surface area (Å²) < 4.78 is 13.0. The monoisotopic (exact) mass is 397 g/mol. The standard InChI is InChI=1S/C23H28FN3O2/c1-15-4-9-21(16(2)14-15)26-22(28)17(3)18-10-12-27(13-11-18)23(29)25-20-7-5-19(24)6-8-20/h4-9,14,17-18H,10-13H2,1-3H3,(H,25,29)(H,26,28)/t17-/m0/s1. The Morgan fingerprint density at radius 3 is 2.31 bits per heavy atom. The fraction of sp³-hybridized carbons (Fsp3) is 0.391. The minimum atomic E-state index is -0.336. The number of hydrogen-bond acceptors (Lipinski definition) is 2. The van der Waals surface area contributed by atoms with Crippen molar-refractivity contribution < 1.29 is 14.0 Å². The molecular formula is C23H28FN3O2. The Bertz CT molecular complexity index is 874. The molecule has 1 atom stereocenters. The number of rotatable bonds is 4. The number of urea groups is 1. The van der Waals surface area contributed by atoms with Crippen molar-refractivity contribution in [1.29, 1.82) is 0 Å². The molecule has 0 radical (unpaired) electrons. The van der Waals surface area contributed by atoms with E-state index in [0.717, 1.165) is 24.1 Å². The van der Waals surface area contributed by atoms with Crippen LogP contribution in [0, 0.1) is 31.5 Å². The minimum Gasteiger partial charge on any atom is -0.326 e. The van der Waals surface area contributed by atoms with Gasteiger partial charge in [-0.3, -0.25) is 4.79 Å². The van der Waals surface area contributed by atoms with Crippen LogP contribution in [0.5, 0.6) is 0 Å². The van der Waals surface area contributed by atoms with Crippen molar-refractivity contribution >= 4 is 23.3 Å². The first-order valence-corrected chi connectivity index (χ1v) is 10.0. The molecule has 2 aromatic carbocycles. The summed E-state index contributed by atoms with van der Waals surface area (Å²) >= 11 is 0. The van der Waals surface area contributed by atoms with Gasteiger partial charge in [0.25, 0.3) is 0 Å². The summed E-state index contributed by atoms with van der Waals surface area (Å²) in [6.45, 7) is 7.17. The van der Waals surface area contributed by atoms with Gasteiger partial charge in [0.2, 0.25) is 5.91 Å². The second-order valence-corrected chi connectivity index (χ2v) is 7.86. The van der Waals surface area contributed by atoms with Crippen molar-refractivity contribution in [3.63, 3.8) is 0 Å². The van der Waals surface area contributed by atoms with Gasteiger partial charge in [0.15, 0.2) is 0 Å². The lowest BCUT2D eigenvalue weighted by atomic mass is 9.85. The molecule has 0 bridgehead atoms. The summed E-state index contributed by atoms with van der Waals surface area (Å²) in [5.41, 5.74) is 3.64. The lowest BCUT2D eigenvalue weighted by molar-refractivity contribution is -0.121. The number of likely N-dealkylation sites (tertiary alicyclic amines) is 1. The maximum atomic E-state index is 13.0. The zero-order valence-corrected chi connectivity index (χ0v) is 17.2. The van der Waals surface area contributed by atoms with Gasteiger partial charge in [0.1, 0.15) is 5.82 Å². The average molecular weight is 397 g/mol. The Labute approximate surface area is 171 Å². The van der Waals surface area contributed by atoms with Crippen molar-refractivity contribution in [3.8, 4) is 0 Å². The van der Waals surface area contributed by atoms with Crippen molar-refractivity contribution in [2.75, 3.05) is 23.7 Å². The number of carbonyl (C=O) groups excluding carboxylic acids is 2. The molecule has 2 aromatic rings. The molecule has 0 aromatic heterocycles. The Balaban J connectivity index is 1.50. The molecule has 5 nitrogen and oxygen atoms in total. The van der Waals surface area contributed by atoms with Gasteiger partial charge in [-0.2, -0.15) is 0 Å². The van der Waals surface area contributed by atoms with E-state index in [0.29, 0.717) is 18.8 Å². The summed E-state index contributed by atoms with van der Waals surface area (Å²) in [5, 5.41) is 5.83. The van der Waals surface area contributed by atoms with Crippen LogP contribution in [0.25, 0.3) is 0 Å². The van der Waals surface area contributed by atoms with Crippen molar-refractivity contribution in [3.05, 3.63) is 59.4 Å². The third-order valence-corrected chi connectivity index (χ3v) is 5.68. The van der Waals surface area contributed by atoms with Gasteiger partial charge in [0, 0.05) is 30.4 Å². The molecular weight excluding hydrogens is 369 g/mol. The molecule has 0 saturated carbocycles. The molecule has 1 fully saturated rings. The van der Waals surface area contributed by atoms with Gasteiger partial charge < -0.3 is 15.5 Å². The Kier molecular flexibility index (Phi) is 6.52. The molecule has 1 saturated heterocycles. The van der Waals surface area contributed by atoms with Crippen molar-refractivity contribution in [2.24, 2.45) is 11.8 Å². The highest BCUT2D eigenvalue weighted by Gasteiger charge is 2.30. The highest BCUT2D eigenvalue weighted by molar-refractivity contribution is 5.93. The Hall–Kier alpha value is -2.89. The van der Waals surface area contributed by atoms with Crippen LogP contribution >= 0.6 is 0 Å². The normalized spacial score (nSPS) is 15.7. The van der Waals surface area contributed by atoms with Crippen LogP contribution in [0.1, 0.15) is 30.9 Å².